The van der Waals surface area contributed by atoms with Gasteiger partial charge in [-0.25, -0.2) is 0 Å². The van der Waals surface area contributed by atoms with Gasteiger partial charge in [0.1, 0.15) is 11.5 Å². The zero-order chi connectivity index (χ0) is 11.9. The van der Waals surface area contributed by atoms with Gasteiger partial charge in [-0.1, -0.05) is 12.1 Å². The second-order valence-corrected chi connectivity index (χ2v) is 4.71. The van der Waals surface area contributed by atoms with Crippen molar-refractivity contribution in [2.24, 2.45) is 0 Å². The average molecular weight is 240 g/mol. The monoisotopic (exact) mass is 240 g/mol. The highest BCUT2D eigenvalue weighted by molar-refractivity contribution is 7.85. The van der Waals surface area contributed by atoms with Gasteiger partial charge in [0.25, 0.3) is 10.1 Å². The Morgan fingerprint density at radius 3 is 2.31 bits per heavy atom. The predicted molar refractivity (Wildman–Crippen MR) is 57.1 cm³/mol. The maximum absolute atomic E-state index is 10.9. The molecule has 0 bridgehead atoms. The third-order valence-corrected chi connectivity index (χ3v) is 3.04. The molecule has 84 valence electrons. The number of fused-ring (bicyclic) bond motifs is 1. The molecule has 0 fully saturated rings. The van der Waals surface area contributed by atoms with Crippen molar-refractivity contribution >= 4 is 20.9 Å². The van der Waals surface area contributed by atoms with Gasteiger partial charge >= 0.3 is 0 Å². The molecule has 0 radical (unpaired) electrons. The molecule has 0 aromatic heterocycles. The molecule has 0 atom stereocenters. The second kappa shape index (κ2) is 3.36. The van der Waals surface area contributed by atoms with Gasteiger partial charge in [0, 0.05) is 6.07 Å². The van der Waals surface area contributed by atoms with Crippen molar-refractivity contribution in [1.82, 2.24) is 0 Å². The highest BCUT2D eigenvalue weighted by Gasteiger charge is 2.14. The number of phenols is 2. The van der Waals surface area contributed by atoms with Crippen LogP contribution in [-0.4, -0.2) is 23.2 Å². The minimum atomic E-state index is -4.37. The Kier molecular flexibility index (Phi) is 2.25. The van der Waals surface area contributed by atoms with E-state index in [-0.39, 0.29) is 11.1 Å². The van der Waals surface area contributed by atoms with Gasteiger partial charge in [-0.05, 0) is 17.5 Å². The molecule has 6 heteroatoms. The maximum atomic E-state index is 10.9. The van der Waals surface area contributed by atoms with Crippen molar-refractivity contribution in [2.75, 3.05) is 0 Å². The lowest BCUT2D eigenvalue weighted by Crippen LogP contribution is -1.97. The van der Waals surface area contributed by atoms with Gasteiger partial charge in [0.2, 0.25) is 0 Å². The van der Waals surface area contributed by atoms with Crippen molar-refractivity contribution in [3.05, 3.63) is 30.3 Å². The van der Waals surface area contributed by atoms with Crippen LogP contribution < -0.4 is 0 Å². The van der Waals surface area contributed by atoms with Gasteiger partial charge in [0.05, 0.1) is 10.3 Å². The zero-order valence-electron chi connectivity index (χ0n) is 7.95. The Balaban J connectivity index is 2.89. The van der Waals surface area contributed by atoms with E-state index in [2.05, 4.69) is 0 Å². The molecule has 0 spiro atoms. The number of phenolic OH excluding ortho intramolecular Hbond substituents is 2. The summed E-state index contributed by atoms with van der Waals surface area (Å²) in [4.78, 5) is -0.414. The lowest BCUT2D eigenvalue weighted by atomic mass is 10.1. The summed E-state index contributed by atoms with van der Waals surface area (Å²) in [5, 5.41) is 19.5. The number of hydrogen-bond donors (Lipinski definition) is 3. The van der Waals surface area contributed by atoms with Crippen LogP contribution in [0.5, 0.6) is 11.5 Å². The molecule has 2 aromatic carbocycles. The fourth-order valence-corrected chi connectivity index (χ4v) is 2.04. The average Bonchev–Trinajstić information content (AvgIpc) is 2.15. The summed E-state index contributed by atoms with van der Waals surface area (Å²) < 4.78 is 30.6. The summed E-state index contributed by atoms with van der Waals surface area (Å²) >= 11 is 0. The Morgan fingerprint density at radius 2 is 1.69 bits per heavy atom. The molecule has 0 aliphatic carbocycles. The topological polar surface area (TPSA) is 94.8 Å². The first-order chi connectivity index (χ1) is 7.39. The van der Waals surface area contributed by atoms with E-state index in [1.807, 2.05) is 0 Å². The van der Waals surface area contributed by atoms with E-state index in [1.165, 1.54) is 24.3 Å². The summed E-state index contributed by atoms with van der Waals surface area (Å²) in [6.07, 6.45) is 0. The molecule has 2 aromatic rings. The first-order valence-electron chi connectivity index (χ1n) is 4.32. The van der Waals surface area contributed by atoms with Gasteiger partial charge in [0.15, 0.2) is 0 Å². The molecular weight excluding hydrogens is 232 g/mol. The van der Waals surface area contributed by atoms with Crippen molar-refractivity contribution in [2.45, 2.75) is 4.90 Å². The maximum Gasteiger partial charge on any atom is 0.294 e. The smallest absolute Gasteiger partial charge is 0.294 e. The van der Waals surface area contributed by atoms with Crippen LogP contribution >= 0.6 is 0 Å². The van der Waals surface area contributed by atoms with Crippen molar-refractivity contribution < 1.29 is 23.2 Å². The van der Waals surface area contributed by atoms with Gasteiger partial charge in [-0.15, -0.1) is 0 Å². The normalized spacial score (nSPS) is 11.8. The summed E-state index contributed by atoms with van der Waals surface area (Å²) in [7, 11) is -4.37. The molecule has 2 rings (SSSR count). The summed E-state index contributed by atoms with van der Waals surface area (Å²) in [6, 6.07) is 6.45. The largest absolute Gasteiger partial charge is 0.507 e. The van der Waals surface area contributed by atoms with E-state index >= 15 is 0 Å². The van der Waals surface area contributed by atoms with Gasteiger partial charge in [-0.3, -0.25) is 4.55 Å². The lowest BCUT2D eigenvalue weighted by molar-refractivity contribution is 0.459. The highest BCUT2D eigenvalue weighted by atomic mass is 32.2. The molecule has 0 saturated carbocycles. The first kappa shape index (κ1) is 10.7. The number of hydrogen-bond acceptors (Lipinski definition) is 4. The van der Waals surface area contributed by atoms with Crippen molar-refractivity contribution in [3.8, 4) is 11.5 Å². The second-order valence-electron chi connectivity index (χ2n) is 3.29. The van der Waals surface area contributed by atoms with Crippen LogP contribution in [0.3, 0.4) is 0 Å². The Morgan fingerprint density at radius 1 is 1.00 bits per heavy atom. The summed E-state index contributed by atoms with van der Waals surface area (Å²) in [5.41, 5.74) is 0. The fourth-order valence-electron chi connectivity index (χ4n) is 1.51. The van der Waals surface area contributed by atoms with Crippen LogP contribution in [0.4, 0.5) is 0 Å². The quantitative estimate of drug-likeness (QED) is 0.656. The molecule has 5 nitrogen and oxygen atoms in total. The van der Waals surface area contributed by atoms with E-state index in [4.69, 9.17) is 4.55 Å². The van der Waals surface area contributed by atoms with Crippen LogP contribution in [0.15, 0.2) is 35.2 Å². The van der Waals surface area contributed by atoms with Gasteiger partial charge < -0.3 is 10.2 Å². The highest BCUT2D eigenvalue weighted by Crippen LogP contribution is 2.34. The standard InChI is InChI=1S/C10H8O5S/c11-8-3-1-2-6-4-7(16(13,14)15)5-9(12)10(6)8/h1-5,11-12H,(H,13,14,15). The molecule has 0 saturated heterocycles. The Labute approximate surface area is 91.3 Å². The van der Waals surface area contributed by atoms with E-state index in [0.717, 1.165) is 6.07 Å². The predicted octanol–water partition coefficient (Wildman–Crippen LogP) is 1.50. The number of aromatic hydroxyl groups is 2. The molecule has 0 heterocycles. The van der Waals surface area contributed by atoms with Crippen molar-refractivity contribution in [3.63, 3.8) is 0 Å². The zero-order valence-corrected chi connectivity index (χ0v) is 8.77. The van der Waals surface area contributed by atoms with Crippen LogP contribution in [-0.2, 0) is 10.1 Å². The molecule has 0 amide bonds. The van der Waals surface area contributed by atoms with Crippen LogP contribution in [0.25, 0.3) is 10.8 Å². The van der Waals surface area contributed by atoms with Crippen LogP contribution in [0, 0.1) is 0 Å². The van der Waals surface area contributed by atoms with Crippen LogP contribution in [0.1, 0.15) is 0 Å². The van der Waals surface area contributed by atoms with E-state index < -0.39 is 20.8 Å². The molecule has 0 unspecified atom stereocenters. The summed E-state index contributed by atoms with van der Waals surface area (Å²) in [5.74, 6) is -0.555. The Bertz CT molecular complexity index is 660. The summed E-state index contributed by atoms with van der Waals surface area (Å²) in [6.45, 7) is 0. The van der Waals surface area contributed by atoms with Crippen molar-refractivity contribution in [1.29, 1.82) is 0 Å². The molecule has 16 heavy (non-hydrogen) atoms. The minimum Gasteiger partial charge on any atom is -0.507 e. The number of rotatable bonds is 1. The number of benzene rings is 2. The Hall–Kier alpha value is -1.79. The fraction of sp³-hybridized carbons (Fsp3) is 0. The lowest BCUT2D eigenvalue weighted by Gasteiger charge is -2.05. The molecule has 0 aliphatic heterocycles. The first-order valence-corrected chi connectivity index (χ1v) is 5.76. The third-order valence-electron chi connectivity index (χ3n) is 2.21. The molecule has 3 N–H and O–H groups in total. The minimum absolute atomic E-state index is 0.148. The van der Waals surface area contributed by atoms with E-state index in [9.17, 15) is 18.6 Å². The van der Waals surface area contributed by atoms with E-state index in [1.54, 1.807) is 0 Å². The SMILES string of the molecule is O=S(=O)(O)c1cc(O)c2c(O)cccc2c1. The van der Waals surface area contributed by atoms with E-state index in [0.29, 0.717) is 5.39 Å². The van der Waals surface area contributed by atoms with Crippen LogP contribution in [0.2, 0.25) is 0 Å². The molecular formula is C10H8O5S. The molecule has 0 aliphatic rings. The van der Waals surface area contributed by atoms with Gasteiger partial charge in [-0.2, -0.15) is 8.42 Å². The third kappa shape index (κ3) is 1.68.